The SMILES string of the molecule is Cc1cc(Cl)ccc1C(=O)Nc1c(N)ccc(F)c1F. The van der Waals surface area contributed by atoms with Gasteiger partial charge in [-0.15, -0.1) is 0 Å². The number of anilines is 2. The predicted octanol–water partition coefficient (Wildman–Crippen LogP) is 3.76. The molecule has 0 radical (unpaired) electrons. The number of nitrogen functional groups attached to an aromatic ring is 1. The van der Waals surface area contributed by atoms with Gasteiger partial charge < -0.3 is 11.1 Å². The van der Waals surface area contributed by atoms with Crippen LogP contribution in [-0.2, 0) is 0 Å². The smallest absolute Gasteiger partial charge is 0.256 e. The highest BCUT2D eigenvalue weighted by Gasteiger charge is 2.16. The van der Waals surface area contributed by atoms with E-state index < -0.39 is 17.5 Å². The van der Waals surface area contributed by atoms with Crippen molar-refractivity contribution < 1.29 is 13.6 Å². The molecular formula is C14H11ClF2N2O. The minimum atomic E-state index is -1.19. The maximum atomic E-state index is 13.6. The van der Waals surface area contributed by atoms with Crippen molar-refractivity contribution in [2.75, 3.05) is 11.1 Å². The first-order valence-corrected chi connectivity index (χ1v) is 6.09. The average molecular weight is 297 g/mol. The molecule has 3 nitrogen and oxygen atoms in total. The summed E-state index contributed by atoms with van der Waals surface area (Å²) < 4.78 is 26.8. The number of carbonyl (C=O) groups excluding carboxylic acids is 1. The Morgan fingerprint density at radius 3 is 2.60 bits per heavy atom. The third-order valence-electron chi connectivity index (χ3n) is 2.80. The molecule has 0 heterocycles. The third-order valence-corrected chi connectivity index (χ3v) is 3.03. The summed E-state index contributed by atoms with van der Waals surface area (Å²) >= 11 is 5.79. The van der Waals surface area contributed by atoms with Gasteiger partial charge in [-0.1, -0.05) is 11.6 Å². The van der Waals surface area contributed by atoms with Gasteiger partial charge in [0.15, 0.2) is 11.6 Å². The zero-order valence-electron chi connectivity index (χ0n) is 10.5. The predicted molar refractivity (Wildman–Crippen MR) is 74.9 cm³/mol. The number of halogens is 3. The van der Waals surface area contributed by atoms with Gasteiger partial charge in [0.05, 0.1) is 5.69 Å². The normalized spacial score (nSPS) is 10.4. The summed E-state index contributed by atoms with van der Waals surface area (Å²) in [6.07, 6.45) is 0. The molecule has 0 aromatic heterocycles. The lowest BCUT2D eigenvalue weighted by Crippen LogP contribution is -2.16. The Labute approximate surface area is 119 Å². The number of benzene rings is 2. The summed E-state index contributed by atoms with van der Waals surface area (Å²) in [5, 5.41) is 2.76. The number of aryl methyl sites for hydroxylation is 1. The third kappa shape index (κ3) is 2.72. The van der Waals surface area contributed by atoms with Crippen LogP contribution in [0.1, 0.15) is 15.9 Å². The van der Waals surface area contributed by atoms with Crippen molar-refractivity contribution in [1.29, 1.82) is 0 Å². The van der Waals surface area contributed by atoms with Gasteiger partial charge in [0.2, 0.25) is 0 Å². The van der Waals surface area contributed by atoms with Gasteiger partial charge in [-0.05, 0) is 42.8 Å². The van der Waals surface area contributed by atoms with Crippen molar-refractivity contribution in [3.8, 4) is 0 Å². The first kappa shape index (κ1) is 14.3. The van der Waals surface area contributed by atoms with E-state index >= 15 is 0 Å². The van der Waals surface area contributed by atoms with Crippen molar-refractivity contribution in [2.24, 2.45) is 0 Å². The fourth-order valence-corrected chi connectivity index (χ4v) is 1.98. The highest BCUT2D eigenvalue weighted by Crippen LogP contribution is 2.25. The lowest BCUT2D eigenvalue weighted by molar-refractivity contribution is 0.102. The van der Waals surface area contributed by atoms with E-state index in [9.17, 15) is 13.6 Å². The van der Waals surface area contributed by atoms with Crippen LogP contribution in [0.25, 0.3) is 0 Å². The van der Waals surface area contributed by atoms with Crippen molar-refractivity contribution in [2.45, 2.75) is 6.92 Å². The van der Waals surface area contributed by atoms with Gasteiger partial charge in [-0.2, -0.15) is 0 Å². The minimum Gasteiger partial charge on any atom is -0.397 e. The fraction of sp³-hybridized carbons (Fsp3) is 0.0714. The number of rotatable bonds is 2. The fourth-order valence-electron chi connectivity index (χ4n) is 1.76. The molecule has 104 valence electrons. The Kier molecular flexibility index (Phi) is 3.90. The largest absolute Gasteiger partial charge is 0.397 e. The highest BCUT2D eigenvalue weighted by molar-refractivity contribution is 6.30. The molecule has 20 heavy (non-hydrogen) atoms. The molecule has 0 aliphatic rings. The summed E-state index contributed by atoms with van der Waals surface area (Å²) in [7, 11) is 0. The van der Waals surface area contributed by atoms with Crippen LogP contribution in [0, 0.1) is 18.6 Å². The van der Waals surface area contributed by atoms with Crippen molar-refractivity contribution in [3.05, 3.63) is 58.1 Å². The van der Waals surface area contributed by atoms with Gasteiger partial charge in [0.25, 0.3) is 5.91 Å². The summed E-state index contributed by atoms with van der Waals surface area (Å²) in [5.41, 5.74) is 6.03. The van der Waals surface area contributed by atoms with Gasteiger partial charge in [0.1, 0.15) is 5.69 Å². The minimum absolute atomic E-state index is 0.0520. The van der Waals surface area contributed by atoms with E-state index in [1.807, 2.05) is 0 Å². The van der Waals surface area contributed by atoms with Gasteiger partial charge >= 0.3 is 0 Å². The molecule has 0 spiro atoms. The lowest BCUT2D eigenvalue weighted by Gasteiger charge is -2.11. The highest BCUT2D eigenvalue weighted by atomic mass is 35.5. The van der Waals surface area contributed by atoms with Gasteiger partial charge in [-0.25, -0.2) is 8.78 Å². The number of nitrogens with one attached hydrogen (secondary N) is 1. The van der Waals surface area contributed by atoms with Gasteiger partial charge in [0, 0.05) is 10.6 Å². The average Bonchev–Trinajstić information content (AvgIpc) is 2.39. The molecule has 0 fully saturated rings. The second kappa shape index (κ2) is 5.46. The summed E-state index contributed by atoms with van der Waals surface area (Å²) in [6, 6.07) is 6.72. The molecule has 0 atom stereocenters. The molecule has 2 aromatic carbocycles. The Balaban J connectivity index is 2.35. The van der Waals surface area contributed by atoms with Gasteiger partial charge in [-0.3, -0.25) is 4.79 Å². The quantitative estimate of drug-likeness (QED) is 0.829. The van der Waals surface area contributed by atoms with E-state index in [0.717, 1.165) is 6.07 Å². The summed E-state index contributed by atoms with van der Waals surface area (Å²) in [6.45, 7) is 1.69. The van der Waals surface area contributed by atoms with E-state index in [-0.39, 0.29) is 11.4 Å². The number of nitrogens with two attached hydrogens (primary N) is 1. The first-order chi connectivity index (χ1) is 9.40. The van der Waals surface area contributed by atoms with E-state index in [2.05, 4.69) is 5.32 Å². The molecule has 0 unspecified atom stereocenters. The molecule has 1 amide bonds. The first-order valence-electron chi connectivity index (χ1n) is 5.71. The standard InChI is InChI=1S/C14H11ClF2N2O/c1-7-6-8(15)2-3-9(7)14(20)19-13-11(18)5-4-10(16)12(13)17/h2-6H,18H2,1H3,(H,19,20). The monoisotopic (exact) mass is 296 g/mol. The van der Waals surface area contributed by atoms with E-state index in [4.69, 9.17) is 17.3 Å². The molecule has 0 saturated heterocycles. The Morgan fingerprint density at radius 1 is 1.25 bits per heavy atom. The molecular weight excluding hydrogens is 286 g/mol. The number of amides is 1. The second-order valence-electron chi connectivity index (χ2n) is 4.24. The number of hydrogen-bond acceptors (Lipinski definition) is 2. The van der Waals surface area contributed by atoms with Crippen LogP contribution in [0.15, 0.2) is 30.3 Å². The second-order valence-corrected chi connectivity index (χ2v) is 4.68. The summed E-state index contributed by atoms with van der Waals surface area (Å²) in [5.74, 6) is -2.86. The molecule has 0 aliphatic carbocycles. The Bertz CT molecular complexity index is 689. The van der Waals surface area contributed by atoms with E-state index in [0.29, 0.717) is 16.1 Å². The van der Waals surface area contributed by atoms with Crippen LogP contribution < -0.4 is 11.1 Å². The molecule has 0 aliphatic heterocycles. The van der Waals surface area contributed by atoms with Crippen LogP contribution in [0.4, 0.5) is 20.2 Å². The topological polar surface area (TPSA) is 55.1 Å². The molecule has 6 heteroatoms. The zero-order chi connectivity index (χ0) is 14.9. The maximum absolute atomic E-state index is 13.6. The molecule has 2 aromatic rings. The van der Waals surface area contributed by atoms with Crippen LogP contribution in [0.3, 0.4) is 0 Å². The number of carbonyl (C=O) groups is 1. The van der Waals surface area contributed by atoms with Crippen molar-refractivity contribution in [1.82, 2.24) is 0 Å². The number of hydrogen-bond donors (Lipinski definition) is 2. The molecule has 2 rings (SSSR count). The Hall–Kier alpha value is -2.14. The van der Waals surface area contributed by atoms with E-state index in [1.165, 1.54) is 18.2 Å². The van der Waals surface area contributed by atoms with Crippen molar-refractivity contribution in [3.63, 3.8) is 0 Å². The van der Waals surface area contributed by atoms with Crippen LogP contribution in [-0.4, -0.2) is 5.91 Å². The molecule has 3 N–H and O–H groups in total. The van der Waals surface area contributed by atoms with Crippen LogP contribution >= 0.6 is 11.6 Å². The molecule has 0 bridgehead atoms. The molecule has 0 saturated carbocycles. The van der Waals surface area contributed by atoms with Crippen LogP contribution in [0.2, 0.25) is 5.02 Å². The Morgan fingerprint density at radius 2 is 1.95 bits per heavy atom. The maximum Gasteiger partial charge on any atom is 0.256 e. The van der Waals surface area contributed by atoms with Crippen LogP contribution in [0.5, 0.6) is 0 Å². The van der Waals surface area contributed by atoms with E-state index in [1.54, 1.807) is 13.0 Å². The van der Waals surface area contributed by atoms with Crippen molar-refractivity contribution >= 4 is 28.9 Å². The summed E-state index contributed by atoms with van der Waals surface area (Å²) in [4.78, 5) is 12.1. The lowest BCUT2D eigenvalue weighted by atomic mass is 10.1. The zero-order valence-corrected chi connectivity index (χ0v) is 11.3.